The van der Waals surface area contributed by atoms with Gasteiger partial charge in [-0.05, 0) is 83.5 Å². The smallest absolute Gasteiger partial charge is 0.306 e. The van der Waals surface area contributed by atoms with Crippen LogP contribution in [0, 0.1) is 0 Å². The molecule has 0 rings (SSSR count). The third-order valence-electron chi connectivity index (χ3n) is 10.2. The number of carbonyl (C=O) groups is 3. The number of esters is 3. The molecule has 338 valence electrons. The molecule has 0 aromatic carbocycles. The number of carbonyl (C=O) groups excluding carboxylic acids is 3. The van der Waals surface area contributed by atoms with Crippen molar-refractivity contribution in [3.05, 3.63) is 72.9 Å². The zero-order chi connectivity index (χ0) is 43.0. The van der Waals surface area contributed by atoms with E-state index in [-0.39, 0.29) is 31.1 Å². The highest BCUT2D eigenvalue weighted by Gasteiger charge is 2.19. The Balaban J connectivity index is 4.33. The lowest BCUT2D eigenvalue weighted by atomic mass is 10.1. The van der Waals surface area contributed by atoms with Crippen molar-refractivity contribution in [3.8, 4) is 0 Å². The van der Waals surface area contributed by atoms with Gasteiger partial charge in [0.2, 0.25) is 0 Å². The fourth-order valence-electron chi connectivity index (χ4n) is 6.53. The fraction of sp³-hybridized carbons (Fsp3) is 0.717. The Bertz CT molecular complexity index is 1130. The highest BCUT2D eigenvalue weighted by Crippen LogP contribution is 2.14. The summed E-state index contributed by atoms with van der Waals surface area (Å²) in [6.45, 7) is 6.41. The monoisotopic (exact) mass is 823 g/mol. The Kier molecular flexibility index (Phi) is 45.0. The average molecular weight is 823 g/mol. The molecule has 59 heavy (non-hydrogen) atoms. The van der Waals surface area contributed by atoms with Gasteiger partial charge in [0.05, 0.1) is 0 Å². The van der Waals surface area contributed by atoms with E-state index < -0.39 is 6.10 Å². The third-order valence-corrected chi connectivity index (χ3v) is 10.2. The summed E-state index contributed by atoms with van der Waals surface area (Å²) in [5.74, 6) is -0.919. The molecule has 6 nitrogen and oxygen atoms in total. The quantitative estimate of drug-likeness (QED) is 0.0264. The third kappa shape index (κ3) is 45.8. The second-order valence-electron chi connectivity index (χ2n) is 16.0. The Morgan fingerprint density at radius 2 is 0.695 bits per heavy atom. The minimum absolute atomic E-state index is 0.0843. The van der Waals surface area contributed by atoms with Gasteiger partial charge in [0.15, 0.2) is 6.10 Å². The second-order valence-corrected chi connectivity index (χ2v) is 16.0. The molecule has 1 unspecified atom stereocenters. The molecule has 0 heterocycles. The Morgan fingerprint density at radius 1 is 0.356 bits per heavy atom. The van der Waals surface area contributed by atoms with Crippen LogP contribution in [0.3, 0.4) is 0 Å². The van der Waals surface area contributed by atoms with E-state index >= 15 is 0 Å². The van der Waals surface area contributed by atoms with Gasteiger partial charge >= 0.3 is 17.9 Å². The number of ether oxygens (including phenoxy) is 3. The molecule has 0 saturated heterocycles. The van der Waals surface area contributed by atoms with Crippen LogP contribution in [0.5, 0.6) is 0 Å². The lowest BCUT2D eigenvalue weighted by Gasteiger charge is -2.18. The molecule has 0 radical (unpaired) electrons. The molecule has 0 N–H and O–H groups in total. The molecule has 0 aromatic heterocycles. The topological polar surface area (TPSA) is 78.9 Å². The zero-order valence-corrected chi connectivity index (χ0v) is 38.5. The minimum atomic E-state index is -0.783. The van der Waals surface area contributed by atoms with Crippen LogP contribution < -0.4 is 0 Å². The molecule has 1 atom stereocenters. The molecule has 0 aliphatic carbocycles. The first-order valence-electron chi connectivity index (χ1n) is 24.4. The Labute approximate surface area is 363 Å². The van der Waals surface area contributed by atoms with E-state index in [1.54, 1.807) is 0 Å². The maximum atomic E-state index is 12.7. The highest BCUT2D eigenvalue weighted by molar-refractivity contribution is 5.71. The maximum Gasteiger partial charge on any atom is 0.306 e. The van der Waals surface area contributed by atoms with Gasteiger partial charge in [-0.1, -0.05) is 196 Å². The fourth-order valence-corrected chi connectivity index (χ4v) is 6.53. The van der Waals surface area contributed by atoms with Crippen LogP contribution in [0.2, 0.25) is 0 Å². The van der Waals surface area contributed by atoms with Gasteiger partial charge in [-0.25, -0.2) is 0 Å². The van der Waals surface area contributed by atoms with Crippen molar-refractivity contribution in [2.75, 3.05) is 13.2 Å². The average Bonchev–Trinajstić information content (AvgIpc) is 3.23. The van der Waals surface area contributed by atoms with Crippen molar-refractivity contribution in [1.82, 2.24) is 0 Å². The number of unbranched alkanes of at least 4 members (excludes halogenated alkanes) is 20. The van der Waals surface area contributed by atoms with E-state index in [4.69, 9.17) is 14.2 Å². The van der Waals surface area contributed by atoms with Gasteiger partial charge in [0, 0.05) is 19.3 Å². The van der Waals surface area contributed by atoms with Crippen molar-refractivity contribution < 1.29 is 28.6 Å². The predicted molar refractivity (Wildman–Crippen MR) is 251 cm³/mol. The summed E-state index contributed by atoms with van der Waals surface area (Å²) in [6.07, 6.45) is 58.9. The zero-order valence-electron chi connectivity index (χ0n) is 38.5. The van der Waals surface area contributed by atoms with Crippen molar-refractivity contribution >= 4 is 17.9 Å². The van der Waals surface area contributed by atoms with Gasteiger partial charge in [-0.2, -0.15) is 0 Å². The first kappa shape index (κ1) is 55.9. The molecule has 0 aliphatic heterocycles. The number of allylic oxidation sites excluding steroid dienone is 12. The largest absolute Gasteiger partial charge is 0.462 e. The van der Waals surface area contributed by atoms with Crippen LogP contribution in [-0.4, -0.2) is 37.2 Å². The van der Waals surface area contributed by atoms with Gasteiger partial charge < -0.3 is 14.2 Å². The van der Waals surface area contributed by atoms with Crippen molar-refractivity contribution in [3.63, 3.8) is 0 Å². The SMILES string of the molecule is CC/C=C\C/C=C\C/C=C\C/C=C\C/C=C\CCCCCCCC(=O)OCC(COC(=O)CCCCCCCCCCCC)OC(=O)CCCCCCC/C=C\CCC. The van der Waals surface area contributed by atoms with Crippen molar-refractivity contribution in [2.24, 2.45) is 0 Å². The number of hydrogen-bond donors (Lipinski definition) is 0. The minimum Gasteiger partial charge on any atom is -0.462 e. The van der Waals surface area contributed by atoms with Crippen molar-refractivity contribution in [1.29, 1.82) is 0 Å². The summed E-state index contributed by atoms with van der Waals surface area (Å²) < 4.78 is 16.7. The molecular formula is C53H90O6. The Hall–Kier alpha value is -3.15. The molecule has 0 fully saturated rings. The molecule has 0 aromatic rings. The molecule has 0 saturated carbocycles. The summed E-state index contributed by atoms with van der Waals surface area (Å²) in [6, 6.07) is 0. The van der Waals surface area contributed by atoms with E-state index in [0.717, 1.165) is 128 Å². The summed E-state index contributed by atoms with van der Waals surface area (Å²) in [5.41, 5.74) is 0. The predicted octanol–water partition coefficient (Wildman–Crippen LogP) is 15.9. The molecule has 6 heteroatoms. The van der Waals surface area contributed by atoms with Gasteiger partial charge in [0.1, 0.15) is 13.2 Å². The van der Waals surface area contributed by atoms with Gasteiger partial charge in [0.25, 0.3) is 0 Å². The summed E-state index contributed by atoms with van der Waals surface area (Å²) in [7, 11) is 0. The lowest BCUT2D eigenvalue weighted by Crippen LogP contribution is -2.30. The Morgan fingerprint density at radius 3 is 1.12 bits per heavy atom. The van der Waals surface area contributed by atoms with Gasteiger partial charge in [-0.3, -0.25) is 14.4 Å². The van der Waals surface area contributed by atoms with Gasteiger partial charge in [-0.15, -0.1) is 0 Å². The summed E-state index contributed by atoms with van der Waals surface area (Å²) in [5, 5.41) is 0. The number of hydrogen-bond acceptors (Lipinski definition) is 6. The lowest BCUT2D eigenvalue weighted by molar-refractivity contribution is -0.167. The van der Waals surface area contributed by atoms with Crippen LogP contribution in [-0.2, 0) is 28.6 Å². The van der Waals surface area contributed by atoms with Crippen LogP contribution >= 0.6 is 0 Å². The van der Waals surface area contributed by atoms with Crippen LogP contribution in [0.25, 0.3) is 0 Å². The first-order chi connectivity index (χ1) is 29.0. The van der Waals surface area contributed by atoms with Crippen LogP contribution in [0.4, 0.5) is 0 Å². The molecule has 0 amide bonds. The van der Waals surface area contributed by atoms with Crippen LogP contribution in [0.1, 0.15) is 226 Å². The summed E-state index contributed by atoms with van der Waals surface area (Å²) in [4.78, 5) is 37.8. The first-order valence-corrected chi connectivity index (χ1v) is 24.4. The van der Waals surface area contributed by atoms with Crippen molar-refractivity contribution in [2.45, 2.75) is 232 Å². The molecule has 0 bridgehead atoms. The van der Waals surface area contributed by atoms with E-state index in [9.17, 15) is 14.4 Å². The standard InChI is InChI=1S/C53H90O6/c1-4-7-10-13-16-19-22-23-24-25-26-27-28-29-30-31-32-35-37-40-43-46-52(55)58-49-50(59-53(56)47-44-41-38-34-21-18-15-12-9-6-3)48-57-51(54)45-42-39-36-33-20-17-14-11-8-5-2/h7,10,12,15-16,19,23-24,26-27,29-30,50H,4-6,8-9,11,13-14,17-18,20-22,25,28,31-49H2,1-3H3/b10-7-,15-12-,19-16-,24-23-,27-26-,30-29-. The van der Waals surface area contributed by atoms with E-state index in [1.807, 2.05) is 0 Å². The van der Waals surface area contributed by atoms with E-state index in [2.05, 4.69) is 93.7 Å². The van der Waals surface area contributed by atoms with E-state index in [0.29, 0.717) is 19.3 Å². The molecule has 0 aliphatic rings. The van der Waals surface area contributed by atoms with Crippen LogP contribution in [0.15, 0.2) is 72.9 Å². The molecule has 0 spiro atoms. The summed E-state index contributed by atoms with van der Waals surface area (Å²) >= 11 is 0. The molecular weight excluding hydrogens is 733 g/mol. The normalized spacial score (nSPS) is 12.7. The van der Waals surface area contributed by atoms with E-state index in [1.165, 1.54) is 57.8 Å². The number of rotatable bonds is 43. The maximum absolute atomic E-state index is 12.7. The highest BCUT2D eigenvalue weighted by atomic mass is 16.6. The second kappa shape index (κ2) is 47.5.